The van der Waals surface area contributed by atoms with Crippen LogP contribution in [0, 0.1) is 5.82 Å². The molecule has 0 amide bonds. The van der Waals surface area contributed by atoms with Crippen molar-refractivity contribution in [3.05, 3.63) is 35.1 Å². The first-order valence-corrected chi connectivity index (χ1v) is 6.39. The highest BCUT2D eigenvalue weighted by Gasteiger charge is 2.31. The minimum Gasteiger partial charge on any atom is -0.312 e. The van der Waals surface area contributed by atoms with E-state index in [9.17, 15) is 17.6 Å². The molecule has 96 valence electrons. The second-order valence-electron chi connectivity index (χ2n) is 3.52. The maximum Gasteiger partial charge on any atom is 0.416 e. The van der Waals surface area contributed by atoms with E-state index in [-0.39, 0.29) is 6.54 Å². The van der Waals surface area contributed by atoms with E-state index < -0.39 is 17.6 Å². The van der Waals surface area contributed by atoms with Gasteiger partial charge in [0, 0.05) is 18.8 Å². The van der Waals surface area contributed by atoms with Crippen LogP contribution in [0.5, 0.6) is 0 Å². The summed E-state index contributed by atoms with van der Waals surface area (Å²) in [6.07, 6.45) is -2.57. The summed E-state index contributed by atoms with van der Waals surface area (Å²) >= 11 is 1.63. The van der Waals surface area contributed by atoms with Crippen LogP contribution in [0.25, 0.3) is 0 Å². The molecule has 0 saturated heterocycles. The highest BCUT2D eigenvalue weighted by Crippen LogP contribution is 2.30. The smallest absolute Gasteiger partial charge is 0.312 e. The normalized spacial score (nSPS) is 11.8. The summed E-state index contributed by atoms with van der Waals surface area (Å²) in [7, 11) is 0. The second-order valence-corrected chi connectivity index (χ2v) is 4.50. The highest BCUT2D eigenvalue weighted by atomic mass is 32.2. The van der Waals surface area contributed by atoms with Crippen LogP contribution in [0.1, 0.15) is 11.1 Å². The van der Waals surface area contributed by atoms with Crippen LogP contribution in [-0.2, 0) is 12.7 Å². The zero-order valence-corrected chi connectivity index (χ0v) is 10.1. The molecule has 0 aliphatic rings. The van der Waals surface area contributed by atoms with Crippen LogP contribution in [0.4, 0.5) is 17.6 Å². The Labute approximate surface area is 102 Å². The third-order valence-electron chi connectivity index (χ3n) is 2.10. The quantitative estimate of drug-likeness (QED) is 0.649. The van der Waals surface area contributed by atoms with Crippen LogP contribution in [0.3, 0.4) is 0 Å². The zero-order valence-electron chi connectivity index (χ0n) is 9.27. The Balaban J connectivity index is 2.69. The molecule has 1 aromatic rings. The average molecular weight is 267 g/mol. The minimum absolute atomic E-state index is 0.238. The molecule has 0 spiro atoms. The molecule has 17 heavy (non-hydrogen) atoms. The third kappa shape index (κ3) is 4.95. The summed E-state index contributed by atoms with van der Waals surface area (Å²) < 4.78 is 50.2. The van der Waals surface area contributed by atoms with Gasteiger partial charge < -0.3 is 5.32 Å². The molecule has 6 heteroatoms. The lowest BCUT2D eigenvalue weighted by atomic mass is 10.1. The zero-order chi connectivity index (χ0) is 12.9. The van der Waals surface area contributed by atoms with Gasteiger partial charge in [0.1, 0.15) is 5.82 Å². The van der Waals surface area contributed by atoms with Crippen LogP contribution in [0.15, 0.2) is 18.2 Å². The van der Waals surface area contributed by atoms with Gasteiger partial charge in [-0.3, -0.25) is 0 Å². The molecule has 0 fully saturated rings. The first kappa shape index (κ1) is 14.3. The van der Waals surface area contributed by atoms with Gasteiger partial charge >= 0.3 is 6.18 Å². The molecule has 1 N–H and O–H groups in total. The maximum absolute atomic E-state index is 13.0. The fourth-order valence-electron chi connectivity index (χ4n) is 1.32. The van der Waals surface area contributed by atoms with Gasteiger partial charge in [0.2, 0.25) is 0 Å². The van der Waals surface area contributed by atoms with Gasteiger partial charge in [0.15, 0.2) is 0 Å². The molecule has 1 aromatic carbocycles. The summed E-state index contributed by atoms with van der Waals surface area (Å²) in [5.74, 6) is 0.00281. The predicted octanol–water partition coefficient (Wildman–Crippen LogP) is 3.30. The van der Waals surface area contributed by atoms with Crippen molar-refractivity contribution in [2.24, 2.45) is 0 Å². The molecule has 0 bridgehead atoms. The fourth-order valence-corrected chi connectivity index (χ4v) is 1.67. The Morgan fingerprint density at radius 1 is 1.24 bits per heavy atom. The Morgan fingerprint density at radius 2 is 1.94 bits per heavy atom. The topological polar surface area (TPSA) is 12.0 Å². The summed E-state index contributed by atoms with van der Waals surface area (Å²) in [5.41, 5.74) is -0.641. The molecule has 0 aliphatic carbocycles. The Morgan fingerprint density at radius 3 is 2.53 bits per heavy atom. The Hall–Kier alpha value is -0.750. The first-order chi connectivity index (χ1) is 7.93. The van der Waals surface area contributed by atoms with Crippen molar-refractivity contribution in [2.45, 2.75) is 12.7 Å². The van der Waals surface area contributed by atoms with E-state index in [1.165, 1.54) is 0 Å². The van der Waals surface area contributed by atoms with Crippen molar-refractivity contribution in [3.63, 3.8) is 0 Å². The van der Waals surface area contributed by atoms with Crippen molar-refractivity contribution in [1.82, 2.24) is 5.32 Å². The average Bonchev–Trinajstić information content (AvgIpc) is 2.22. The molecular formula is C11H13F4NS. The summed E-state index contributed by atoms with van der Waals surface area (Å²) in [5, 5.41) is 2.95. The fraction of sp³-hybridized carbons (Fsp3) is 0.455. The van der Waals surface area contributed by atoms with E-state index in [2.05, 4.69) is 5.32 Å². The number of hydrogen-bond donors (Lipinski definition) is 1. The van der Waals surface area contributed by atoms with E-state index in [1.807, 2.05) is 6.26 Å². The van der Waals surface area contributed by atoms with Crippen molar-refractivity contribution in [3.8, 4) is 0 Å². The predicted molar refractivity (Wildman–Crippen MR) is 61.5 cm³/mol. The number of rotatable bonds is 5. The first-order valence-electron chi connectivity index (χ1n) is 5.00. The minimum atomic E-state index is -4.50. The third-order valence-corrected chi connectivity index (χ3v) is 2.71. The molecule has 0 radical (unpaired) electrons. The number of nitrogens with one attached hydrogen (secondary N) is 1. The van der Waals surface area contributed by atoms with Gasteiger partial charge in [0.05, 0.1) is 5.56 Å². The number of alkyl halides is 3. The lowest BCUT2D eigenvalue weighted by Crippen LogP contribution is -2.17. The lowest BCUT2D eigenvalue weighted by molar-refractivity contribution is -0.137. The summed E-state index contributed by atoms with van der Waals surface area (Å²) in [6, 6.07) is 2.59. The Bertz CT molecular complexity index is 365. The number of hydrogen-bond acceptors (Lipinski definition) is 2. The van der Waals surface area contributed by atoms with Gasteiger partial charge in [-0.25, -0.2) is 4.39 Å². The molecule has 1 nitrogen and oxygen atoms in total. The number of benzene rings is 1. The SMILES string of the molecule is CSCCNCc1cc(F)cc(C(F)(F)F)c1. The summed E-state index contributed by atoms with van der Waals surface area (Å²) in [6.45, 7) is 0.917. The Kier molecular flexibility index (Phi) is 5.27. The molecule has 0 unspecified atom stereocenters. The largest absolute Gasteiger partial charge is 0.416 e. The van der Waals surface area contributed by atoms with Crippen molar-refractivity contribution in [1.29, 1.82) is 0 Å². The van der Waals surface area contributed by atoms with Crippen molar-refractivity contribution in [2.75, 3.05) is 18.6 Å². The van der Waals surface area contributed by atoms with Crippen molar-refractivity contribution < 1.29 is 17.6 Å². The van der Waals surface area contributed by atoms with Crippen LogP contribution >= 0.6 is 11.8 Å². The molecule has 0 atom stereocenters. The van der Waals surface area contributed by atoms with Crippen LogP contribution in [0.2, 0.25) is 0 Å². The molecule has 1 rings (SSSR count). The van der Waals surface area contributed by atoms with Gasteiger partial charge in [-0.2, -0.15) is 24.9 Å². The van der Waals surface area contributed by atoms with E-state index >= 15 is 0 Å². The van der Waals surface area contributed by atoms with Gasteiger partial charge in [-0.1, -0.05) is 0 Å². The van der Waals surface area contributed by atoms with E-state index in [1.54, 1.807) is 11.8 Å². The summed E-state index contributed by atoms with van der Waals surface area (Å²) in [4.78, 5) is 0. The number of thioether (sulfide) groups is 1. The molecule has 0 heterocycles. The molecule has 0 aliphatic heterocycles. The van der Waals surface area contributed by atoms with Crippen LogP contribution in [-0.4, -0.2) is 18.6 Å². The highest BCUT2D eigenvalue weighted by molar-refractivity contribution is 7.98. The van der Waals surface area contributed by atoms with Crippen LogP contribution < -0.4 is 5.32 Å². The molecule has 0 saturated carbocycles. The number of halogens is 4. The van der Waals surface area contributed by atoms with Crippen molar-refractivity contribution >= 4 is 11.8 Å². The van der Waals surface area contributed by atoms with E-state index in [0.29, 0.717) is 18.2 Å². The van der Waals surface area contributed by atoms with Gasteiger partial charge in [0.25, 0.3) is 0 Å². The second kappa shape index (κ2) is 6.26. The molecule has 0 aromatic heterocycles. The molecular weight excluding hydrogens is 254 g/mol. The lowest BCUT2D eigenvalue weighted by Gasteiger charge is -2.10. The monoisotopic (exact) mass is 267 g/mol. The van der Waals surface area contributed by atoms with E-state index in [0.717, 1.165) is 17.9 Å². The van der Waals surface area contributed by atoms with E-state index in [4.69, 9.17) is 0 Å². The standard InChI is InChI=1S/C11H13F4NS/c1-17-3-2-16-7-8-4-9(11(13,14)15)6-10(12)5-8/h4-6,16H,2-3,7H2,1H3. The maximum atomic E-state index is 13.0. The van der Waals surface area contributed by atoms with Gasteiger partial charge in [-0.15, -0.1) is 0 Å². The van der Waals surface area contributed by atoms with Gasteiger partial charge in [-0.05, 0) is 30.0 Å².